The minimum absolute atomic E-state index is 0.168. The number of aliphatic carboxylic acids is 1. The zero-order valence-corrected chi connectivity index (χ0v) is 20.0. The van der Waals surface area contributed by atoms with Crippen LogP contribution in [0.1, 0.15) is 50.5 Å². The Morgan fingerprint density at radius 1 is 1.08 bits per heavy atom. The first-order valence-corrected chi connectivity index (χ1v) is 11.9. The van der Waals surface area contributed by atoms with Crippen LogP contribution in [0.3, 0.4) is 0 Å². The van der Waals surface area contributed by atoms with E-state index in [2.05, 4.69) is 10.6 Å². The van der Waals surface area contributed by atoms with Crippen LogP contribution in [-0.4, -0.2) is 65.5 Å². The maximum Gasteiger partial charge on any atom is 0.317 e. The van der Waals surface area contributed by atoms with Crippen LogP contribution in [0.2, 0.25) is 0 Å². The number of nitrogens with one attached hydrogen (secondary N) is 2. The molecule has 9 nitrogen and oxygen atoms in total. The predicted molar refractivity (Wildman–Crippen MR) is 121 cm³/mol. The van der Waals surface area contributed by atoms with Crippen molar-refractivity contribution < 1.29 is 42.2 Å². The van der Waals surface area contributed by atoms with Gasteiger partial charge in [0.1, 0.15) is 12.6 Å². The summed E-state index contributed by atoms with van der Waals surface area (Å²) in [7, 11) is 0. The van der Waals surface area contributed by atoms with Crippen molar-refractivity contribution in [2.45, 2.75) is 64.0 Å². The van der Waals surface area contributed by atoms with Gasteiger partial charge >= 0.3 is 12.0 Å². The molecule has 0 radical (unpaired) electrons. The lowest BCUT2D eigenvalue weighted by molar-refractivity contribution is -0.141. The largest absolute Gasteiger partial charge is 0.481 e. The molecule has 36 heavy (non-hydrogen) atoms. The number of likely N-dealkylation sites (tertiary alicyclic amines) is 1. The number of ether oxygens (including phenoxy) is 1. The van der Waals surface area contributed by atoms with Crippen LogP contribution < -0.4 is 15.4 Å². The van der Waals surface area contributed by atoms with Gasteiger partial charge in [-0.15, -0.1) is 0 Å². The highest BCUT2D eigenvalue weighted by atomic mass is 19.2. The normalized spacial score (nSPS) is 17.5. The van der Waals surface area contributed by atoms with Crippen molar-refractivity contribution in [2.75, 3.05) is 19.7 Å². The van der Waals surface area contributed by atoms with Crippen molar-refractivity contribution in [1.29, 1.82) is 0 Å². The van der Waals surface area contributed by atoms with E-state index in [4.69, 9.17) is 9.84 Å². The summed E-state index contributed by atoms with van der Waals surface area (Å²) in [6.45, 7) is 0.863. The fourth-order valence-electron chi connectivity index (χ4n) is 4.46. The first-order valence-electron chi connectivity index (χ1n) is 11.9. The molecule has 1 aliphatic heterocycles. The lowest BCUT2D eigenvalue weighted by Gasteiger charge is -2.32. The molecule has 3 amide bonds. The molecule has 3 rings (SSSR count). The van der Waals surface area contributed by atoms with Crippen LogP contribution in [0, 0.1) is 30.3 Å². The average Bonchev–Trinajstić information content (AvgIpc) is 3.35. The van der Waals surface area contributed by atoms with Crippen molar-refractivity contribution in [3.05, 3.63) is 29.1 Å². The van der Waals surface area contributed by atoms with Gasteiger partial charge in [0.05, 0.1) is 6.42 Å². The van der Waals surface area contributed by atoms with Gasteiger partial charge in [-0.25, -0.2) is 13.6 Å². The SMILES string of the molecule is Cc1cc(F)c(F)c(OCC(=O)[C@H](CC(=O)O)NC(=O)C2CCN(C(=O)NC3CCCC3)CC2)c1F. The highest BCUT2D eigenvalue weighted by molar-refractivity contribution is 5.93. The second-order valence-electron chi connectivity index (χ2n) is 9.24. The number of nitrogens with zero attached hydrogens (tertiary/aromatic N) is 1. The van der Waals surface area contributed by atoms with E-state index >= 15 is 0 Å². The second kappa shape index (κ2) is 12.1. The van der Waals surface area contributed by atoms with E-state index in [1.165, 1.54) is 6.92 Å². The number of carboxylic acid groups (broad SMARTS) is 1. The maximum atomic E-state index is 14.1. The molecule has 0 spiro atoms. The Labute approximate surface area is 206 Å². The Balaban J connectivity index is 1.55. The van der Waals surface area contributed by atoms with Crippen LogP contribution in [0.25, 0.3) is 0 Å². The number of rotatable bonds is 9. The van der Waals surface area contributed by atoms with Crippen LogP contribution in [0.4, 0.5) is 18.0 Å². The molecule has 0 unspecified atom stereocenters. The summed E-state index contributed by atoms with van der Waals surface area (Å²) in [5.74, 6) is -8.71. The minimum atomic E-state index is -1.62. The van der Waals surface area contributed by atoms with E-state index in [-0.39, 0.29) is 17.6 Å². The van der Waals surface area contributed by atoms with Gasteiger partial charge in [-0.2, -0.15) is 4.39 Å². The number of carbonyl (C=O) groups is 4. The van der Waals surface area contributed by atoms with Crippen molar-refractivity contribution in [3.63, 3.8) is 0 Å². The maximum absolute atomic E-state index is 14.1. The Kier molecular flexibility index (Phi) is 9.16. The van der Waals surface area contributed by atoms with Crippen LogP contribution >= 0.6 is 0 Å². The van der Waals surface area contributed by atoms with Gasteiger partial charge in [0.15, 0.2) is 23.2 Å². The number of benzene rings is 1. The number of urea groups is 1. The van der Waals surface area contributed by atoms with Crippen molar-refractivity contribution in [3.8, 4) is 5.75 Å². The predicted octanol–water partition coefficient (Wildman–Crippen LogP) is 2.68. The quantitative estimate of drug-likeness (QED) is 0.436. The van der Waals surface area contributed by atoms with Crippen molar-refractivity contribution in [1.82, 2.24) is 15.5 Å². The summed E-state index contributed by atoms with van der Waals surface area (Å²) in [5.41, 5.74) is -0.241. The summed E-state index contributed by atoms with van der Waals surface area (Å²) in [6, 6.07) is -0.888. The van der Waals surface area contributed by atoms with Gasteiger partial charge in [0, 0.05) is 25.0 Å². The summed E-state index contributed by atoms with van der Waals surface area (Å²) >= 11 is 0. The van der Waals surface area contributed by atoms with E-state index in [0.29, 0.717) is 32.0 Å². The number of Topliss-reactive ketones (excluding diaryl/α,β-unsaturated/α-hetero) is 1. The Bertz CT molecular complexity index is 981. The zero-order valence-electron chi connectivity index (χ0n) is 20.0. The first kappa shape index (κ1) is 27.3. The average molecular weight is 514 g/mol. The number of piperidine rings is 1. The molecule has 3 N–H and O–H groups in total. The van der Waals surface area contributed by atoms with Crippen molar-refractivity contribution >= 4 is 23.7 Å². The topological polar surface area (TPSA) is 125 Å². The first-order chi connectivity index (χ1) is 17.1. The molecular formula is C24H30F3N3O6. The highest BCUT2D eigenvalue weighted by Gasteiger charge is 2.32. The fraction of sp³-hybridized carbons (Fsp3) is 0.583. The standard InChI is InChI=1S/C24H30F3N3O6/c1-13-10-16(25)21(27)22(20(13)26)36-12-18(31)17(11-19(32)33)29-23(34)14-6-8-30(9-7-14)24(35)28-15-4-2-3-5-15/h10,14-15,17H,2-9,11-12H2,1H3,(H,28,35)(H,29,34)(H,32,33)/t17-/m0/s1. The summed E-state index contributed by atoms with van der Waals surface area (Å²) in [6.07, 6.45) is 3.95. The number of carboxylic acids is 1. The number of carbonyl (C=O) groups excluding carboxylic acids is 3. The Hall–Kier alpha value is -3.31. The van der Waals surface area contributed by atoms with Crippen LogP contribution in [-0.2, 0) is 14.4 Å². The van der Waals surface area contributed by atoms with Gasteiger partial charge in [0.25, 0.3) is 0 Å². The third-order valence-corrected chi connectivity index (χ3v) is 6.58. The molecule has 1 atom stereocenters. The summed E-state index contributed by atoms with van der Waals surface area (Å²) in [5, 5.41) is 14.5. The molecular weight excluding hydrogens is 483 g/mol. The number of hydrogen-bond acceptors (Lipinski definition) is 5. The third-order valence-electron chi connectivity index (χ3n) is 6.58. The number of ketones is 1. The van der Waals surface area contributed by atoms with Gasteiger partial charge < -0.3 is 25.4 Å². The number of aryl methyl sites for hydroxylation is 1. The third kappa shape index (κ3) is 6.88. The minimum Gasteiger partial charge on any atom is -0.481 e. The molecule has 1 aromatic rings. The molecule has 2 aliphatic rings. The lowest BCUT2D eigenvalue weighted by Crippen LogP contribution is -2.51. The molecule has 0 bridgehead atoms. The van der Waals surface area contributed by atoms with E-state index in [9.17, 15) is 32.3 Å². The number of hydrogen-bond donors (Lipinski definition) is 3. The molecule has 1 saturated heterocycles. The van der Waals surface area contributed by atoms with Crippen LogP contribution in [0.5, 0.6) is 5.75 Å². The smallest absolute Gasteiger partial charge is 0.317 e. The van der Waals surface area contributed by atoms with E-state index in [0.717, 1.165) is 25.7 Å². The molecule has 1 saturated carbocycles. The Morgan fingerprint density at radius 3 is 2.33 bits per heavy atom. The second-order valence-corrected chi connectivity index (χ2v) is 9.24. The van der Waals surface area contributed by atoms with Gasteiger partial charge in [-0.3, -0.25) is 14.4 Å². The van der Waals surface area contributed by atoms with Crippen LogP contribution in [0.15, 0.2) is 6.07 Å². The summed E-state index contributed by atoms with van der Waals surface area (Å²) < 4.78 is 46.4. The molecule has 1 aromatic carbocycles. The van der Waals surface area contributed by atoms with E-state index in [1.54, 1.807) is 4.90 Å². The lowest BCUT2D eigenvalue weighted by atomic mass is 9.95. The molecule has 2 fully saturated rings. The highest BCUT2D eigenvalue weighted by Crippen LogP contribution is 2.27. The molecule has 1 heterocycles. The number of halogens is 3. The van der Waals surface area contributed by atoms with E-state index < -0.39 is 65.8 Å². The molecule has 198 valence electrons. The van der Waals surface area contributed by atoms with Gasteiger partial charge in [-0.05, 0) is 44.2 Å². The number of amides is 3. The summed E-state index contributed by atoms with van der Waals surface area (Å²) in [4.78, 5) is 50.6. The fourth-order valence-corrected chi connectivity index (χ4v) is 4.46. The van der Waals surface area contributed by atoms with E-state index in [1.807, 2.05) is 0 Å². The monoisotopic (exact) mass is 513 g/mol. The molecule has 0 aromatic heterocycles. The Morgan fingerprint density at radius 2 is 1.72 bits per heavy atom. The van der Waals surface area contributed by atoms with Gasteiger partial charge in [-0.1, -0.05) is 12.8 Å². The van der Waals surface area contributed by atoms with Gasteiger partial charge in [0.2, 0.25) is 11.7 Å². The van der Waals surface area contributed by atoms with Crippen molar-refractivity contribution in [2.24, 2.45) is 5.92 Å². The molecule has 1 aliphatic carbocycles. The zero-order chi connectivity index (χ0) is 26.4. The molecule has 12 heteroatoms.